The molecular weight excluding hydrogens is 445 g/mol. The van der Waals surface area contributed by atoms with E-state index in [0.717, 1.165) is 5.46 Å². The van der Waals surface area contributed by atoms with Gasteiger partial charge in [0.2, 0.25) is 0 Å². The van der Waals surface area contributed by atoms with Crippen LogP contribution in [0.4, 0.5) is 11.4 Å². The van der Waals surface area contributed by atoms with Crippen LogP contribution in [0, 0.1) is 0 Å². The molecule has 0 fully saturated rings. The summed E-state index contributed by atoms with van der Waals surface area (Å²) in [4.78, 5) is 12.7. The summed E-state index contributed by atoms with van der Waals surface area (Å²) in [6.45, 7) is 0. The second kappa shape index (κ2) is 9.84. The highest BCUT2D eigenvalue weighted by atomic mass is 32.2. The topological polar surface area (TPSA) is 87.7 Å². The number of nitrogens with one attached hydrogen (secondary N) is 2. The van der Waals surface area contributed by atoms with Crippen LogP contribution in [0.25, 0.3) is 0 Å². The fourth-order valence-corrected chi connectivity index (χ4v) is 4.38. The Bertz CT molecular complexity index is 1230. The molecule has 0 unspecified atom stereocenters. The molecule has 0 spiro atoms. The maximum absolute atomic E-state index is 12.9. The summed E-state index contributed by atoms with van der Waals surface area (Å²) in [5.74, 6) is 0.0275. The van der Waals surface area contributed by atoms with Crippen LogP contribution in [-0.4, -0.2) is 41.4 Å². The Hall–Kier alpha value is -3.37. The normalized spacial score (nSPS) is 10.8. The number of rotatable bonds is 6. The first kappa shape index (κ1) is 23.3. The molecule has 3 rings (SSSR count). The number of sulfonamides is 1. The van der Waals surface area contributed by atoms with Crippen molar-refractivity contribution in [2.75, 3.05) is 23.8 Å². The Kier molecular flexibility index (Phi) is 7.17. The first-order valence-electron chi connectivity index (χ1n) is 9.63. The first-order valence-corrected chi connectivity index (χ1v) is 11.5. The number of amides is 1. The van der Waals surface area contributed by atoms with E-state index in [2.05, 4.69) is 10.6 Å². The fourth-order valence-electron chi connectivity index (χ4n) is 2.98. The van der Waals surface area contributed by atoms with Gasteiger partial charge in [0.1, 0.15) is 13.6 Å². The number of hydrogen-bond donors (Lipinski definition) is 2. The van der Waals surface area contributed by atoms with Crippen molar-refractivity contribution in [2.45, 2.75) is 4.90 Å². The summed E-state index contributed by atoms with van der Waals surface area (Å²) in [6.07, 6.45) is 0. The molecular formula is C22H22BN3O4S2. The summed E-state index contributed by atoms with van der Waals surface area (Å²) < 4.78 is 32.2. The van der Waals surface area contributed by atoms with Gasteiger partial charge in [-0.05, 0) is 54.7 Å². The zero-order valence-electron chi connectivity index (χ0n) is 17.8. The molecule has 32 heavy (non-hydrogen) atoms. The first-order chi connectivity index (χ1) is 15.2. The molecule has 7 nitrogen and oxygen atoms in total. The molecule has 10 heteroatoms. The summed E-state index contributed by atoms with van der Waals surface area (Å²) in [5.41, 5.74) is 2.37. The highest BCUT2D eigenvalue weighted by Gasteiger charge is 2.21. The highest BCUT2D eigenvalue weighted by molar-refractivity contribution is 7.92. The molecule has 2 N–H and O–H groups in total. The van der Waals surface area contributed by atoms with E-state index in [1.165, 1.54) is 30.6 Å². The van der Waals surface area contributed by atoms with E-state index in [-0.39, 0.29) is 10.0 Å². The van der Waals surface area contributed by atoms with E-state index < -0.39 is 15.9 Å². The van der Waals surface area contributed by atoms with Gasteiger partial charge in [-0.25, -0.2) is 8.42 Å². The Labute approximate surface area is 193 Å². The van der Waals surface area contributed by atoms with Crippen molar-refractivity contribution in [1.82, 2.24) is 5.32 Å². The number of benzene rings is 3. The monoisotopic (exact) mass is 467 g/mol. The average Bonchev–Trinajstić information content (AvgIpc) is 2.79. The van der Waals surface area contributed by atoms with Crippen LogP contribution in [0.3, 0.4) is 0 Å². The second-order valence-electron chi connectivity index (χ2n) is 6.94. The minimum atomic E-state index is -3.72. The van der Waals surface area contributed by atoms with Gasteiger partial charge in [-0.1, -0.05) is 35.8 Å². The summed E-state index contributed by atoms with van der Waals surface area (Å²) in [5, 5.41) is 5.57. The number of nitrogens with zero attached hydrogens (tertiary/aromatic N) is 1. The Balaban J connectivity index is 1.69. The fraction of sp³-hybridized carbons (Fsp3) is 0.0909. The van der Waals surface area contributed by atoms with Crippen molar-refractivity contribution in [3.05, 3.63) is 78.4 Å². The third-order valence-electron chi connectivity index (χ3n) is 4.72. The number of hydrogen-bond acceptors (Lipinski definition) is 5. The van der Waals surface area contributed by atoms with Crippen LogP contribution in [0.5, 0.6) is 5.75 Å². The van der Waals surface area contributed by atoms with Crippen LogP contribution in [0.1, 0.15) is 10.4 Å². The van der Waals surface area contributed by atoms with Gasteiger partial charge in [0, 0.05) is 12.7 Å². The van der Waals surface area contributed by atoms with E-state index in [1.807, 2.05) is 20.0 Å². The zero-order chi connectivity index (χ0) is 23.3. The van der Waals surface area contributed by atoms with Gasteiger partial charge < -0.3 is 10.1 Å². The van der Waals surface area contributed by atoms with Gasteiger partial charge in [0.05, 0.1) is 23.3 Å². The number of carbonyl (C=O) groups excluding carboxylic acids is 1. The third kappa shape index (κ3) is 5.27. The molecule has 0 heterocycles. The smallest absolute Gasteiger partial charge is 0.264 e. The van der Waals surface area contributed by atoms with Gasteiger partial charge >= 0.3 is 0 Å². The highest BCUT2D eigenvalue weighted by Crippen LogP contribution is 2.23. The lowest BCUT2D eigenvalue weighted by molar-refractivity contribution is 0.0975. The van der Waals surface area contributed by atoms with Gasteiger partial charge in [0.25, 0.3) is 15.9 Å². The third-order valence-corrected chi connectivity index (χ3v) is 6.72. The maximum atomic E-state index is 12.9. The summed E-state index contributed by atoms with van der Waals surface area (Å²) >= 11 is 5.23. The zero-order valence-corrected chi connectivity index (χ0v) is 19.5. The quantitative estimate of drug-likeness (QED) is 0.426. The van der Waals surface area contributed by atoms with Crippen LogP contribution >= 0.6 is 12.2 Å². The standard InChI is InChI=1S/C22H22BN3O4S2/c1-26(17-6-4-3-5-7-17)32(28,29)18-11-9-16(10-12-18)24-22(31)25-21(27)19-14-15(23)8-13-20(19)30-2/h3-14H,23H2,1-2H3,(H2,24,25,27,31). The molecule has 0 aliphatic carbocycles. The van der Waals surface area contributed by atoms with E-state index in [1.54, 1.807) is 48.5 Å². The Morgan fingerprint density at radius 2 is 1.69 bits per heavy atom. The average molecular weight is 467 g/mol. The summed E-state index contributed by atoms with van der Waals surface area (Å²) in [7, 11) is 1.15. The lowest BCUT2D eigenvalue weighted by Crippen LogP contribution is -2.34. The molecule has 0 aromatic heterocycles. The SMILES string of the molecule is Bc1ccc(OC)c(C(=O)NC(=S)Nc2ccc(S(=O)(=O)N(C)c3ccccc3)cc2)c1. The number of anilines is 2. The molecule has 0 radical (unpaired) electrons. The number of carbonyl (C=O) groups is 1. The van der Waals surface area contributed by atoms with Crippen LogP contribution in [0.15, 0.2) is 77.7 Å². The Morgan fingerprint density at radius 1 is 1.03 bits per heavy atom. The number of thiocarbonyl (C=S) groups is 1. The van der Waals surface area contributed by atoms with Crippen molar-refractivity contribution in [2.24, 2.45) is 0 Å². The lowest BCUT2D eigenvalue weighted by atomic mass is 9.94. The molecule has 0 saturated heterocycles. The van der Waals surface area contributed by atoms with Crippen LogP contribution < -0.4 is 25.1 Å². The largest absolute Gasteiger partial charge is 0.496 e. The number of para-hydroxylation sites is 1. The van der Waals surface area contributed by atoms with Crippen LogP contribution in [-0.2, 0) is 10.0 Å². The van der Waals surface area contributed by atoms with E-state index >= 15 is 0 Å². The second-order valence-corrected chi connectivity index (χ2v) is 9.32. The van der Waals surface area contributed by atoms with Gasteiger partial charge in [-0.3, -0.25) is 14.4 Å². The van der Waals surface area contributed by atoms with Crippen molar-refractivity contribution in [1.29, 1.82) is 0 Å². The molecule has 0 atom stereocenters. The molecule has 0 bridgehead atoms. The summed E-state index contributed by atoms with van der Waals surface area (Å²) in [6, 6.07) is 20.2. The molecule has 3 aromatic carbocycles. The Morgan fingerprint density at radius 3 is 2.31 bits per heavy atom. The molecule has 0 saturated carbocycles. The van der Waals surface area contributed by atoms with E-state index in [9.17, 15) is 13.2 Å². The molecule has 164 valence electrons. The van der Waals surface area contributed by atoms with E-state index in [0.29, 0.717) is 22.7 Å². The predicted molar refractivity (Wildman–Crippen MR) is 133 cm³/mol. The van der Waals surface area contributed by atoms with Crippen molar-refractivity contribution in [3.63, 3.8) is 0 Å². The van der Waals surface area contributed by atoms with Gasteiger partial charge in [0.15, 0.2) is 5.11 Å². The minimum Gasteiger partial charge on any atom is -0.496 e. The molecule has 0 aliphatic rings. The molecule has 1 amide bonds. The van der Waals surface area contributed by atoms with E-state index in [4.69, 9.17) is 17.0 Å². The van der Waals surface area contributed by atoms with Crippen molar-refractivity contribution >= 4 is 57.9 Å². The van der Waals surface area contributed by atoms with Gasteiger partial charge in [-0.15, -0.1) is 0 Å². The molecule has 0 aliphatic heterocycles. The minimum absolute atomic E-state index is 0.0792. The number of methoxy groups -OCH3 is 1. The van der Waals surface area contributed by atoms with Crippen LogP contribution in [0.2, 0.25) is 0 Å². The van der Waals surface area contributed by atoms with Crippen molar-refractivity contribution < 1.29 is 17.9 Å². The van der Waals surface area contributed by atoms with Gasteiger partial charge in [-0.2, -0.15) is 0 Å². The maximum Gasteiger partial charge on any atom is 0.264 e. The predicted octanol–water partition coefficient (Wildman–Crippen LogP) is 1.91. The number of ether oxygens (including phenoxy) is 1. The van der Waals surface area contributed by atoms with Crippen molar-refractivity contribution in [3.8, 4) is 5.75 Å². The lowest BCUT2D eigenvalue weighted by Gasteiger charge is -2.19. The molecule has 3 aromatic rings.